The number of nitrogens with two attached hydrogens (primary N) is 1. The number of hydrogen-bond donors (Lipinski definition) is 3. The van der Waals surface area contributed by atoms with Crippen LogP contribution in [0.2, 0.25) is 0 Å². The van der Waals surface area contributed by atoms with Gasteiger partial charge in [-0.2, -0.15) is 13.2 Å². The average molecular weight is 270 g/mol. The first-order valence-corrected chi connectivity index (χ1v) is 5.02. The summed E-state index contributed by atoms with van der Waals surface area (Å²) in [6, 6.07) is 0. The predicted octanol–water partition coefficient (Wildman–Crippen LogP) is -0.374. The molecule has 1 amide bonds. The first-order valence-electron chi connectivity index (χ1n) is 5.02. The number of carboxylic acid groups (broad SMARTS) is 1. The molecule has 0 spiro atoms. The molecule has 0 aromatic heterocycles. The third-order valence-electron chi connectivity index (χ3n) is 2.86. The van der Waals surface area contributed by atoms with Crippen molar-refractivity contribution >= 4 is 11.9 Å². The molecule has 1 fully saturated rings. The monoisotopic (exact) mass is 270 g/mol. The molecule has 2 unspecified atom stereocenters. The van der Waals surface area contributed by atoms with Gasteiger partial charge in [-0.05, 0) is 13.3 Å². The van der Waals surface area contributed by atoms with Gasteiger partial charge in [-0.3, -0.25) is 4.79 Å². The molecule has 0 saturated carbocycles. The second-order valence-electron chi connectivity index (χ2n) is 4.34. The summed E-state index contributed by atoms with van der Waals surface area (Å²) in [4.78, 5) is 22.4. The Labute approximate surface area is 100 Å². The van der Waals surface area contributed by atoms with E-state index in [0.29, 0.717) is 6.92 Å². The maximum Gasteiger partial charge on any atom is 0.422 e. The van der Waals surface area contributed by atoms with Gasteiger partial charge in [0.1, 0.15) is 5.54 Å². The second-order valence-corrected chi connectivity index (χ2v) is 4.34. The Kier molecular flexibility index (Phi) is 3.59. The van der Waals surface area contributed by atoms with Crippen molar-refractivity contribution in [2.45, 2.75) is 30.6 Å². The number of alkyl halides is 3. The zero-order valence-corrected chi connectivity index (χ0v) is 9.50. The zero-order valence-electron chi connectivity index (χ0n) is 9.50. The van der Waals surface area contributed by atoms with E-state index in [4.69, 9.17) is 15.6 Å². The molecule has 9 heteroatoms. The lowest BCUT2D eigenvalue weighted by Crippen LogP contribution is -2.67. The molecule has 0 aliphatic carbocycles. The van der Waals surface area contributed by atoms with Gasteiger partial charge < -0.3 is 20.9 Å². The van der Waals surface area contributed by atoms with E-state index < -0.39 is 29.1 Å². The number of rotatable bonds is 3. The molecular formula is C9H13F3N2O4. The Morgan fingerprint density at radius 3 is 2.33 bits per heavy atom. The largest absolute Gasteiger partial charge is 0.479 e. The lowest BCUT2D eigenvalue weighted by molar-refractivity contribution is -0.207. The first-order chi connectivity index (χ1) is 8.03. The van der Waals surface area contributed by atoms with Gasteiger partial charge in [0.25, 0.3) is 0 Å². The van der Waals surface area contributed by atoms with Crippen LogP contribution in [0.1, 0.15) is 13.3 Å². The summed E-state index contributed by atoms with van der Waals surface area (Å²) in [5.41, 5.74) is 0.557. The summed E-state index contributed by atoms with van der Waals surface area (Å²) in [5.74, 6) is -3.40. The summed E-state index contributed by atoms with van der Waals surface area (Å²) < 4.78 is 42.8. The molecular weight excluding hydrogens is 257 g/mol. The maximum absolute atomic E-state index is 12.7. The van der Waals surface area contributed by atoms with E-state index in [0.717, 1.165) is 0 Å². The third-order valence-corrected chi connectivity index (χ3v) is 2.86. The summed E-state index contributed by atoms with van der Waals surface area (Å²) >= 11 is 0. The number of carboxylic acids is 1. The smallest absolute Gasteiger partial charge is 0.422 e. The minimum absolute atomic E-state index is 0.0341. The van der Waals surface area contributed by atoms with Gasteiger partial charge in [0.2, 0.25) is 11.4 Å². The number of amides is 1. The van der Waals surface area contributed by atoms with Crippen LogP contribution in [0.25, 0.3) is 0 Å². The first kappa shape index (κ1) is 14.7. The van der Waals surface area contributed by atoms with E-state index in [1.807, 2.05) is 0 Å². The van der Waals surface area contributed by atoms with E-state index in [1.165, 1.54) is 5.32 Å². The highest BCUT2D eigenvalue weighted by Gasteiger charge is 2.59. The van der Waals surface area contributed by atoms with Crippen molar-refractivity contribution in [3.8, 4) is 0 Å². The minimum atomic E-state index is -5.13. The van der Waals surface area contributed by atoms with Crippen LogP contribution >= 0.6 is 0 Å². The lowest BCUT2D eigenvalue weighted by Gasteiger charge is -2.32. The van der Waals surface area contributed by atoms with Crippen LogP contribution in [-0.2, 0) is 14.3 Å². The topological polar surface area (TPSA) is 102 Å². The fourth-order valence-electron chi connectivity index (χ4n) is 1.36. The number of hydrogen-bond acceptors (Lipinski definition) is 4. The lowest BCUT2D eigenvalue weighted by atomic mass is 9.95. The number of carbonyl (C=O) groups is 2. The number of ether oxygens (including phenoxy) is 1. The van der Waals surface area contributed by atoms with E-state index in [9.17, 15) is 22.8 Å². The molecule has 104 valence electrons. The van der Waals surface area contributed by atoms with Gasteiger partial charge in [0.15, 0.2) is 0 Å². The summed E-state index contributed by atoms with van der Waals surface area (Å²) in [6.45, 7) is 0.262. The summed E-state index contributed by atoms with van der Waals surface area (Å²) in [6.07, 6.45) is -5.10. The molecule has 1 heterocycles. The Hall–Kier alpha value is -1.35. The maximum atomic E-state index is 12.7. The molecule has 18 heavy (non-hydrogen) atoms. The Bertz CT molecular complexity index is 365. The highest BCUT2D eigenvalue weighted by molar-refractivity contribution is 5.92. The van der Waals surface area contributed by atoms with Gasteiger partial charge in [-0.15, -0.1) is 0 Å². The zero-order chi connectivity index (χ0) is 14.2. The Balaban J connectivity index is 2.92. The second kappa shape index (κ2) is 4.39. The molecule has 4 N–H and O–H groups in total. The van der Waals surface area contributed by atoms with Crippen molar-refractivity contribution in [1.82, 2.24) is 5.32 Å². The standard InChI is InChI=1S/C9H13F3N2O4/c1-7(6(16)17,9(10,11)12)14-5(15)8(13)2-3-18-4-8/h2-4,13H2,1H3,(H,14,15)(H,16,17). The van der Waals surface area contributed by atoms with E-state index >= 15 is 0 Å². The molecule has 0 radical (unpaired) electrons. The van der Waals surface area contributed by atoms with Crippen LogP contribution < -0.4 is 11.1 Å². The molecule has 0 aromatic rings. The molecule has 1 aliphatic rings. The fourth-order valence-corrected chi connectivity index (χ4v) is 1.36. The van der Waals surface area contributed by atoms with Gasteiger partial charge in [0.05, 0.1) is 6.61 Å². The fraction of sp³-hybridized carbons (Fsp3) is 0.778. The average Bonchev–Trinajstić information content (AvgIpc) is 2.64. The highest BCUT2D eigenvalue weighted by atomic mass is 19.4. The summed E-state index contributed by atoms with van der Waals surface area (Å²) in [7, 11) is 0. The van der Waals surface area contributed by atoms with Gasteiger partial charge >= 0.3 is 12.1 Å². The van der Waals surface area contributed by atoms with Gasteiger partial charge in [-0.1, -0.05) is 0 Å². The van der Waals surface area contributed by atoms with Crippen molar-refractivity contribution < 1.29 is 32.6 Å². The molecule has 0 bridgehead atoms. The SMILES string of the molecule is CC(NC(=O)C1(N)CCOC1)(C(=O)O)C(F)(F)F. The number of nitrogens with one attached hydrogen (secondary N) is 1. The minimum Gasteiger partial charge on any atom is -0.479 e. The third kappa shape index (κ3) is 2.41. The summed E-state index contributed by atoms with van der Waals surface area (Å²) in [5, 5.41) is 10.1. The molecule has 1 rings (SSSR count). The number of aliphatic carboxylic acids is 1. The van der Waals surface area contributed by atoms with Crippen LogP contribution in [-0.4, -0.2) is 47.5 Å². The van der Waals surface area contributed by atoms with Gasteiger partial charge in [0, 0.05) is 6.61 Å². The van der Waals surface area contributed by atoms with E-state index in [1.54, 1.807) is 0 Å². The van der Waals surface area contributed by atoms with Crippen LogP contribution in [0.5, 0.6) is 0 Å². The van der Waals surface area contributed by atoms with Crippen molar-refractivity contribution in [2.75, 3.05) is 13.2 Å². The molecule has 1 saturated heterocycles. The van der Waals surface area contributed by atoms with Crippen molar-refractivity contribution in [3.63, 3.8) is 0 Å². The Morgan fingerprint density at radius 2 is 2.00 bits per heavy atom. The van der Waals surface area contributed by atoms with Crippen molar-refractivity contribution in [3.05, 3.63) is 0 Å². The Morgan fingerprint density at radius 1 is 1.44 bits per heavy atom. The van der Waals surface area contributed by atoms with Crippen LogP contribution in [0.15, 0.2) is 0 Å². The van der Waals surface area contributed by atoms with Crippen LogP contribution in [0.3, 0.4) is 0 Å². The van der Waals surface area contributed by atoms with E-state index in [2.05, 4.69) is 0 Å². The highest BCUT2D eigenvalue weighted by Crippen LogP contribution is 2.31. The van der Waals surface area contributed by atoms with Crippen LogP contribution in [0.4, 0.5) is 13.2 Å². The number of halogens is 3. The van der Waals surface area contributed by atoms with Crippen LogP contribution in [0, 0.1) is 0 Å². The number of carbonyl (C=O) groups excluding carboxylic acids is 1. The van der Waals surface area contributed by atoms with Crippen molar-refractivity contribution in [1.29, 1.82) is 0 Å². The normalized spacial score (nSPS) is 27.6. The van der Waals surface area contributed by atoms with Gasteiger partial charge in [-0.25, -0.2) is 4.79 Å². The quantitative estimate of drug-likeness (QED) is 0.649. The molecule has 2 atom stereocenters. The van der Waals surface area contributed by atoms with Crippen molar-refractivity contribution in [2.24, 2.45) is 5.73 Å². The molecule has 6 nitrogen and oxygen atoms in total. The molecule has 1 aliphatic heterocycles. The predicted molar refractivity (Wildman–Crippen MR) is 52.6 cm³/mol. The van der Waals surface area contributed by atoms with E-state index in [-0.39, 0.29) is 19.6 Å². The molecule has 0 aromatic carbocycles.